The van der Waals surface area contributed by atoms with E-state index < -0.39 is 0 Å². The number of hydrogen-bond donors (Lipinski definition) is 2. The van der Waals surface area contributed by atoms with Gasteiger partial charge in [-0.05, 0) is 35.7 Å². The number of nitrogens with one attached hydrogen (secondary N) is 2. The summed E-state index contributed by atoms with van der Waals surface area (Å²) in [4.78, 5) is 16.2. The fourth-order valence-corrected chi connectivity index (χ4v) is 3.02. The largest absolute Gasteiger partial charge is 0.352 e. The summed E-state index contributed by atoms with van der Waals surface area (Å²) in [5.74, 6) is 0.334. The Labute approximate surface area is 149 Å². The summed E-state index contributed by atoms with van der Waals surface area (Å²) in [6, 6.07) is 14.0. The fourth-order valence-electron chi connectivity index (χ4n) is 2.28. The van der Waals surface area contributed by atoms with Crippen molar-refractivity contribution in [2.45, 2.75) is 17.3 Å². The molecule has 1 amide bonds. The average molecular weight is 356 g/mol. The van der Waals surface area contributed by atoms with Crippen LogP contribution in [0.3, 0.4) is 0 Å². The first-order valence-electron chi connectivity index (χ1n) is 7.81. The van der Waals surface area contributed by atoms with Crippen molar-refractivity contribution in [3.63, 3.8) is 0 Å². The third-order valence-corrected chi connectivity index (χ3v) is 4.57. The van der Waals surface area contributed by atoms with E-state index in [-0.39, 0.29) is 11.7 Å². The second kappa shape index (κ2) is 8.43. The molecule has 0 saturated heterocycles. The first kappa shape index (κ1) is 17.2. The quantitative estimate of drug-likeness (QED) is 0.638. The van der Waals surface area contributed by atoms with Gasteiger partial charge in [0.15, 0.2) is 5.16 Å². The van der Waals surface area contributed by atoms with E-state index in [1.165, 1.54) is 12.4 Å². The first-order valence-corrected chi connectivity index (χ1v) is 8.79. The lowest BCUT2D eigenvalue weighted by Gasteiger charge is -2.07. The molecule has 0 aliphatic heterocycles. The predicted octanol–water partition coefficient (Wildman–Crippen LogP) is 3.21. The summed E-state index contributed by atoms with van der Waals surface area (Å²) in [6.07, 6.45) is 1.93. The standard InChI is InChI=1S/C18H17FN4OS/c19-16-4-2-1-3-14(16)9-10-20-17(24)15-7-5-13(6-8-15)11-25-18-21-12-22-23-18/h1-8,12H,9-11H2,(H,20,24)(H,21,22,23). The molecule has 3 rings (SSSR count). The molecule has 0 unspecified atom stereocenters. The summed E-state index contributed by atoms with van der Waals surface area (Å²) < 4.78 is 13.5. The van der Waals surface area contributed by atoms with Crippen molar-refractivity contribution in [3.8, 4) is 0 Å². The lowest BCUT2D eigenvalue weighted by molar-refractivity contribution is 0.0954. The molecule has 7 heteroatoms. The van der Waals surface area contributed by atoms with Gasteiger partial charge in [-0.3, -0.25) is 9.89 Å². The Hall–Kier alpha value is -2.67. The van der Waals surface area contributed by atoms with Gasteiger partial charge in [-0.2, -0.15) is 5.10 Å². The summed E-state index contributed by atoms with van der Waals surface area (Å²) >= 11 is 1.54. The molecule has 1 heterocycles. The van der Waals surface area contributed by atoms with Crippen LogP contribution in [0.15, 0.2) is 60.0 Å². The van der Waals surface area contributed by atoms with Crippen LogP contribution >= 0.6 is 11.8 Å². The van der Waals surface area contributed by atoms with Crippen molar-refractivity contribution in [1.82, 2.24) is 20.5 Å². The van der Waals surface area contributed by atoms with Crippen molar-refractivity contribution in [2.24, 2.45) is 0 Å². The molecule has 5 nitrogen and oxygen atoms in total. The Kier molecular flexibility index (Phi) is 5.79. The predicted molar refractivity (Wildman–Crippen MR) is 94.8 cm³/mol. The maximum absolute atomic E-state index is 13.5. The van der Waals surface area contributed by atoms with Gasteiger partial charge in [0.05, 0.1) is 0 Å². The zero-order valence-electron chi connectivity index (χ0n) is 13.4. The number of nitrogens with zero attached hydrogens (tertiary/aromatic N) is 2. The van der Waals surface area contributed by atoms with Crippen LogP contribution in [0.5, 0.6) is 0 Å². The molecule has 0 fully saturated rings. The molecule has 128 valence electrons. The van der Waals surface area contributed by atoms with Gasteiger partial charge in [0.25, 0.3) is 5.91 Å². The second-order valence-corrected chi connectivity index (χ2v) is 6.34. The molecule has 2 N–H and O–H groups in total. The zero-order chi connectivity index (χ0) is 17.5. The molecule has 3 aromatic rings. The lowest BCUT2D eigenvalue weighted by Crippen LogP contribution is -2.25. The monoisotopic (exact) mass is 356 g/mol. The highest BCUT2D eigenvalue weighted by molar-refractivity contribution is 7.98. The number of aromatic nitrogens is 3. The summed E-state index contributed by atoms with van der Waals surface area (Å²) in [7, 11) is 0. The number of carbonyl (C=O) groups is 1. The minimum absolute atomic E-state index is 0.161. The number of amides is 1. The van der Waals surface area contributed by atoms with E-state index in [9.17, 15) is 9.18 Å². The van der Waals surface area contributed by atoms with Crippen LogP contribution < -0.4 is 5.32 Å². The van der Waals surface area contributed by atoms with Gasteiger partial charge < -0.3 is 5.32 Å². The highest BCUT2D eigenvalue weighted by Gasteiger charge is 2.07. The molecule has 2 aromatic carbocycles. The van der Waals surface area contributed by atoms with Gasteiger partial charge in [-0.25, -0.2) is 9.37 Å². The molecular weight excluding hydrogens is 339 g/mol. The number of aromatic amines is 1. The fraction of sp³-hybridized carbons (Fsp3) is 0.167. The van der Waals surface area contributed by atoms with E-state index in [0.29, 0.717) is 24.1 Å². The van der Waals surface area contributed by atoms with Crippen LogP contribution in [0.2, 0.25) is 0 Å². The number of rotatable bonds is 7. The number of hydrogen-bond acceptors (Lipinski definition) is 4. The van der Waals surface area contributed by atoms with Crippen LogP contribution in [-0.2, 0) is 12.2 Å². The Morgan fingerprint density at radius 2 is 1.96 bits per heavy atom. The molecular formula is C18H17FN4OS. The van der Waals surface area contributed by atoms with E-state index in [1.807, 2.05) is 12.1 Å². The molecule has 0 atom stereocenters. The van der Waals surface area contributed by atoms with E-state index in [1.54, 1.807) is 42.1 Å². The molecule has 1 aromatic heterocycles. The van der Waals surface area contributed by atoms with Crippen molar-refractivity contribution in [3.05, 3.63) is 77.4 Å². The number of benzene rings is 2. The molecule has 0 bridgehead atoms. The minimum Gasteiger partial charge on any atom is -0.352 e. The smallest absolute Gasteiger partial charge is 0.251 e. The van der Waals surface area contributed by atoms with E-state index in [4.69, 9.17) is 0 Å². The van der Waals surface area contributed by atoms with Gasteiger partial charge in [0.1, 0.15) is 12.1 Å². The normalized spacial score (nSPS) is 10.6. The summed E-state index contributed by atoms with van der Waals surface area (Å²) in [5.41, 5.74) is 2.27. The molecule has 0 aliphatic carbocycles. The maximum atomic E-state index is 13.5. The molecule has 25 heavy (non-hydrogen) atoms. The molecule has 0 aliphatic rings. The third kappa shape index (κ3) is 4.90. The van der Waals surface area contributed by atoms with Gasteiger partial charge in [-0.15, -0.1) is 0 Å². The Morgan fingerprint density at radius 3 is 2.68 bits per heavy atom. The molecule has 0 radical (unpaired) electrons. The Morgan fingerprint density at radius 1 is 1.16 bits per heavy atom. The van der Waals surface area contributed by atoms with Crippen molar-refractivity contribution >= 4 is 17.7 Å². The second-order valence-electron chi connectivity index (χ2n) is 5.37. The van der Waals surface area contributed by atoms with Crippen LogP contribution in [0.25, 0.3) is 0 Å². The topological polar surface area (TPSA) is 70.7 Å². The zero-order valence-corrected chi connectivity index (χ0v) is 14.2. The van der Waals surface area contributed by atoms with Crippen molar-refractivity contribution in [1.29, 1.82) is 0 Å². The van der Waals surface area contributed by atoms with Crippen LogP contribution in [0.4, 0.5) is 4.39 Å². The van der Waals surface area contributed by atoms with E-state index in [0.717, 1.165) is 16.5 Å². The minimum atomic E-state index is -0.245. The Bertz CT molecular complexity index is 821. The number of thioether (sulfide) groups is 1. The molecule has 0 spiro atoms. The summed E-state index contributed by atoms with van der Waals surface area (Å²) in [5, 5.41) is 10.2. The van der Waals surface area contributed by atoms with Gasteiger partial charge in [-0.1, -0.05) is 42.1 Å². The number of carbonyl (C=O) groups excluding carboxylic acids is 1. The number of halogens is 1. The van der Waals surface area contributed by atoms with Gasteiger partial charge in [0.2, 0.25) is 0 Å². The number of H-pyrrole nitrogens is 1. The SMILES string of the molecule is O=C(NCCc1ccccc1F)c1ccc(CSc2ncn[nH]2)cc1. The lowest BCUT2D eigenvalue weighted by atomic mass is 10.1. The van der Waals surface area contributed by atoms with E-state index >= 15 is 0 Å². The van der Waals surface area contributed by atoms with Crippen LogP contribution in [0, 0.1) is 5.82 Å². The van der Waals surface area contributed by atoms with Crippen molar-refractivity contribution < 1.29 is 9.18 Å². The third-order valence-electron chi connectivity index (χ3n) is 3.62. The molecule has 0 saturated carbocycles. The Balaban J connectivity index is 1.48. The maximum Gasteiger partial charge on any atom is 0.251 e. The van der Waals surface area contributed by atoms with Crippen LogP contribution in [-0.4, -0.2) is 27.6 Å². The summed E-state index contributed by atoms with van der Waals surface area (Å²) in [6.45, 7) is 0.392. The van der Waals surface area contributed by atoms with Gasteiger partial charge in [0, 0.05) is 17.9 Å². The average Bonchev–Trinajstić information content (AvgIpc) is 3.15. The van der Waals surface area contributed by atoms with Gasteiger partial charge >= 0.3 is 0 Å². The van der Waals surface area contributed by atoms with Crippen molar-refractivity contribution in [2.75, 3.05) is 6.54 Å². The highest BCUT2D eigenvalue weighted by Crippen LogP contribution is 2.18. The first-order chi connectivity index (χ1) is 12.2. The van der Waals surface area contributed by atoms with Crippen LogP contribution in [0.1, 0.15) is 21.5 Å². The highest BCUT2D eigenvalue weighted by atomic mass is 32.2. The van der Waals surface area contributed by atoms with E-state index in [2.05, 4.69) is 20.5 Å².